The Hall–Kier alpha value is -2.65. The Bertz CT molecular complexity index is 1270. The first kappa shape index (κ1) is 23.7. The van der Waals surface area contributed by atoms with Gasteiger partial charge in [-0.1, -0.05) is 29.8 Å². The van der Waals surface area contributed by atoms with Gasteiger partial charge in [0.15, 0.2) is 0 Å². The van der Waals surface area contributed by atoms with E-state index in [1.165, 1.54) is 19.1 Å². The molecule has 2 fully saturated rings. The first-order valence-electron chi connectivity index (χ1n) is 12.0. The fourth-order valence-corrected chi connectivity index (χ4v) is 6.55. The van der Waals surface area contributed by atoms with Crippen LogP contribution < -0.4 is 5.32 Å². The van der Waals surface area contributed by atoms with Crippen LogP contribution in [0, 0.1) is 5.82 Å². The Kier molecular flexibility index (Phi) is 5.95. The van der Waals surface area contributed by atoms with Crippen molar-refractivity contribution in [2.45, 2.75) is 55.2 Å². The van der Waals surface area contributed by atoms with Gasteiger partial charge in [0.1, 0.15) is 36.0 Å². The van der Waals surface area contributed by atoms with Crippen molar-refractivity contribution in [1.82, 2.24) is 10.2 Å². The number of alkyl carbamates (subject to hydrolysis) is 1. The lowest BCUT2D eigenvalue weighted by Crippen LogP contribution is -2.48. The van der Waals surface area contributed by atoms with E-state index < -0.39 is 35.7 Å². The second-order valence-corrected chi connectivity index (χ2v) is 11.3. The van der Waals surface area contributed by atoms with Gasteiger partial charge in [0.25, 0.3) is 0 Å². The molecule has 0 saturated carbocycles. The molecule has 3 unspecified atom stereocenters. The molecule has 1 N–H and O–H groups in total. The van der Waals surface area contributed by atoms with Gasteiger partial charge in [-0.05, 0) is 48.9 Å². The SMILES string of the molecule is CC(F)C1CC=CC(C2=C3C[C@]4(COC(=O)N4)CN3C(C3CC=CS3)=N[C@@H]2c2ccc(Cl)c(F)c2)=N1. The van der Waals surface area contributed by atoms with Crippen LogP contribution in [-0.2, 0) is 4.74 Å². The molecule has 1 aromatic carbocycles. The van der Waals surface area contributed by atoms with Crippen molar-refractivity contribution < 1.29 is 18.3 Å². The highest BCUT2D eigenvalue weighted by atomic mass is 35.5. The third kappa shape index (κ3) is 4.06. The number of carbonyl (C=O) groups excluding carboxylic acids is 1. The molecular formula is C26H25ClF2N4O2S. The van der Waals surface area contributed by atoms with Gasteiger partial charge in [-0.15, -0.1) is 11.8 Å². The molecule has 1 amide bonds. The van der Waals surface area contributed by atoms with E-state index in [4.69, 9.17) is 26.3 Å². The quantitative estimate of drug-likeness (QED) is 0.557. The predicted molar refractivity (Wildman–Crippen MR) is 138 cm³/mol. The average molecular weight is 531 g/mol. The molecule has 5 aliphatic rings. The first-order valence-corrected chi connectivity index (χ1v) is 13.3. The largest absolute Gasteiger partial charge is 0.447 e. The van der Waals surface area contributed by atoms with Gasteiger partial charge in [-0.25, -0.2) is 13.6 Å². The molecule has 0 aliphatic carbocycles. The van der Waals surface area contributed by atoms with Gasteiger partial charge >= 0.3 is 6.09 Å². The molecular weight excluding hydrogens is 506 g/mol. The molecule has 188 valence electrons. The molecule has 5 heterocycles. The minimum atomic E-state index is -1.11. The maximum Gasteiger partial charge on any atom is 0.407 e. The molecule has 6 rings (SSSR count). The Labute approximate surface area is 217 Å². The Morgan fingerprint density at radius 1 is 1.31 bits per heavy atom. The number of carbonyl (C=O) groups is 1. The maximum atomic E-state index is 14.6. The lowest BCUT2D eigenvalue weighted by molar-refractivity contribution is 0.173. The number of nitrogens with one attached hydrogen (secondary N) is 1. The molecule has 6 nitrogen and oxygen atoms in total. The summed E-state index contributed by atoms with van der Waals surface area (Å²) in [6.07, 6.45) is 6.24. The third-order valence-electron chi connectivity index (χ3n) is 7.26. The van der Waals surface area contributed by atoms with Crippen LogP contribution >= 0.6 is 23.4 Å². The summed E-state index contributed by atoms with van der Waals surface area (Å²) in [7, 11) is 0. The van der Waals surface area contributed by atoms with Crippen molar-refractivity contribution in [3.8, 4) is 0 Å². The van der Waals surface area contributed by atoms with Crippen LogP contribution in [0.2, 0.25) is 5.02 Å². The fourth-order valence-electron chi connectivity index (χ4n) is 5.49. The summed E-state index contributed by atoms with van der Waals surface area (Å²) in [6.45, 7) is 2.27. The normalized spacial score (nSPS) is 31.9. The summed E-state index contributed by atoms with van der Waals surface area (Å²) in [5.74, 6) is 0.350. The standard InChI is InChI=1S/C26H25ClF2N4O2S/c1-14(28)18-4-2-5-19(30-18)22-20-11-26(13-35-25(34)32-26)12-33(20)24(21-6-3-9-36-21)31-23(22)15-7-8-16(27)17(29)10-15/h2-3,5,7-10,14,18,21,23H,4,6,11-13H2,1H3,(H,32,34)/t14?,18?,21?,23-,26-/m1/s1. The first-order chi connectivity index (χ1) is 17.3. The third-order valence-corrected chi connectivity index (χ3v) is 8.65. The highest BCUT2D eigenvalue weighted by molar-refractivity contribution is 8.03. The molecule has 0 radical (unpaired) electrons. The van der Waals surface area contributed by atoms with Crippen LogP contribution in [0.5, 0.6) is 0 Å². The van der Waals surface area contributed by atoms with Crippen LogP contribution in [0.25, 0.3) is 0 Å². The number of amides is 1. The zero-order chi connectivity index (χ0) is 25.0. The molecule has 0 bridgehead atoms. The summed E-state index contributed by atoms with van der Waals surface area (Å²) >= 11 is 7.69. The number of hydrogen-bond acceptors (Lipinski definition) is 6. The van der Waals surface area contributed by atoms with E-state index in [-0.39, 0.29) is 16.9 Å². The summed E-state index contributed by atoms with van der Waals surface area (Å²) in [4.78, 5) is 24.2. The molecule has 36 heavy (non-hydrogen) atoms. The van der Waals surface area contributed by atoms with Crippen molar-refractivity contribution >= 4 is 41.0 Å². The summed E-state index contributed by atoms with van der Waals surface area (Å²) in [5, 5.41) is 5.21. The zero-order valence-electron chi connectivity index (χ0n) is 19.6. The Balaban J connectivity index is 1.53. The number of ether oxygens (including phenoxy) is 1. The highest BCUT2D eigenvalue weighted by Crippen LogP contribution is 2.46. The number of rotatable bonds is 4. The van der Waals surface area contributed by atoms with Gasteiger partial charge < -0.3 is 15.0 Å². The van der Waals surface area contributed by atoms with Crippen molar-refractivity contribution in [3.05, 3.63) is 69.5 Å². The van der Waals surface area contributed by atoms with Crippen molar-refractivity contribution in [2.24, 2.45) is 9.98 Å². The topological polar surface area (TPSA) is 66.3 Å². The Morgan fingerprint density at radius 3 is 2.86 bits per heavy atom. The summed E-state index contributed by atoms with van der Waals surface area (Å²) in [5.41, 5.74) is 2.44. The minimum absolute atomic E-state index is 0.0389. The van der Waals surface area contributed by atoms with E-state index >= 15 is 0 Å². The van der Waals surface area contributed by atoms with Crippen molar-refractivity contribution in [1.29, 1.82) is 0 Å². The number of benzene rings is 1. The number of halogens is 3. The average Bonchev–Trinajstić information content (AvgIpc) is 3.60. The fraction of sp³-hybridized carbons (Fsp3) is 0.423. The van der Waals surface area contributed by atoms with Gasteiger partial charge in [0.2, 0.25) is 0 Å². The van der Waals surface area contributed by atoms with E-state index in [9.17, 15) is 13.6 Å². The van der Waals surface area contributed by atoms with E-state index in [0.717, 1.165) is 23.5 Å². The number of dihydropyridines is 1. The number of thioether (sulfide) groups is 1. The highest BCUT2D eigenvalue weighted by Gasteiger charge is 2.52. The summed E-state index contributed by atoms with van der Waals surface area (Å²) in [6, 6.07) is 3.68. The molecule has 0 aromatic heterocycles. The maximum absolute atomic E-state index is 14.6. The van der Waals surface area contributed by atoms with E-state index in [1.54, 1.807) is 17.8 Å². The van der Waals surface area contributed by atoms with Crippen LogP contribution in [0.4, 0.5) is 13.6 Å². The monoisotopic (exact) mass is 530 g/mol. The van der Waals surface area contributed by atoms with Crippen LogP contribution in [0.3, 0.4) is 0 Å². The van der Waals surface area contributed by atoms with Gasteiger partial charge in [0.05, 0.1) is 28.6 Å². The van der Waals surface area contributed by atoms with Crippen LogP contribution in [-0.4, -0.2) is 58.7 Å². The van der Waals surface area contributed by atoms with E-state index in [2.05, 4.69) is 21.7 Å². The number of hydrogen-bond donors (Lipinski definition) is 1. The number of nitrogens with zero attached hydrogens (tertiary/aromatic N) is 3. The van der Waals surface area contributed by atoms with Gasteiger partial charge in [-0.3, -0.25) is 9.98 Å². The molecule has 1 aromatic rings. The number of allylic oxidation sites excluding steroid dienone is 2. The number of cyclic esters (lactones) is 1. The second kappa shape index (κ2) is 9.03. The van der Waals surface area contributed by atoms with Crippen molar-refractivity contribution in [3.63, 3.8) is 0 Å². The molecule has 10 heteroatoms. The van der Waals surface area contributed by atoms with Crippen LogP contribution in [0.1, 0.15) is 37.8 Å². The Morgan fingerprint density at radius 2 is 2.17 bits per heavy atom. The van der Waals surface area contributed by atoms with E-state index in [0.29, 0.717) is 30.7 Å². The van der Waals surface area contributed by atoms with E-state index in [1.807, 2.05) is 12.2 Å². The summed E-state index contributed by atoms with van der Waals surface area (Å²) < 4.78 is 34.3. The lowest BCUT2D eigenvalue weighted by Gasteiger charge is -2.36. The van der Waals surface area contributed by atoms with Crippen LogP contribution in [0.15, 0.2) is 63.1 Å². The minimum Gasteiger partial charge on any atom is -0.447 e. The number of alkyl halides is 1. The lowest BCUT2D eigenvalue weighted by atomic mass is 9.88. The van der Waals surface area contributed by atoms with Crippen molar-refractivity contribution in [2.75, 3.05) is 13.2 Å². The smallest absolute Gasteiger partial charge is 0.407 e. The molecule has 1 spiro atoms. The number of aliphatic imine (C=N–C) groups is 2. The molecule has 2 saturated heterocycles. The molecule has 5 aliphatic heterocycles. The van der Waals surface area contributed by atoms with Gasteiger partial charge in [0, 0.05) is 17.7 Å². The second-order valence-electron chi connectivity index (χ2n) is 9.80. The number of fused-ring (bicyclic) bond motifs is 1. The predicted octanol–water partition coefficient (Wildman–Crippen LogP) is 5.52. The number of amidine groups is 1. The van der Waals surface area contributed by atoms with Gasteiger partial charge in [-0.2, -0.15) is 0 Å². The zero-order valence-corrected chi connectivity index (χ0v) is 21.2. The molecule has 5 atom stereocenters.